The Morgan fingerprint density at radius 1 is 0.500 bits per heavy atom. The van der Waals surface area contributed by atoms with E-state index in [0.717, 1.165) is 5.19 Å². The van der Waals surface area contributed by atoms with E-state index in [9.17, 15) is 0 Å². The van der Waals surface area contributed by atoms with Crippen LogP contribution >= 0.6 is 0 Å². The van der Waals surface area contributed by atoms with Crippen molar-refractivity contribution in [3.63, 3.8) is 0 Å². The second-order valence-electron chi connectivity index (χ2n) is 4.19. The summed E-state index contributed by atoms with van der Waals surface area (Å²) in [5.74, 6) is 0.925. The van der Waals surface area contributed by atoms with Crippen LogP contribution in [0, 0.1) is 0 Å². The molecule has 0 spiro atoms. The molecule has 3 rings (SSSR count). The maximum atomic E-state index is 8.87. The average molecular weight is 309 g/mol. The Morgan fingerprint density at radius 2 is 0.864 bits per heavy atom. The quantitative estimate of drug-likeness (QED) is 0.560. The molecule has 22 heavy (non-hydrogen) atoms. The molecule has 3 N–H and O–H groups in total. The van der Waals surface area contributed by atoms with Gasteiger partial charge in [0.25, 0.3) is 0 Å². The van der Waals surface area contributed by atoms with Gasteiger partial charge in [-0.05, 0) is 35.5 Å². The van der Waals surface area contributed by atoms with Gasteiger partial charge >= 0.3 is 0 Å². The Balaban J connectivity index is 0.000000166. The van der Waals surface area contributed by atoms with Crippen molar-refractivity contribution >= 4 is 15.4 Å². The van der Waals surface area contributed by atoms with E-state index in [0.29, 0.717) is 11.5 Å². The molecule has 0 saturated carbocycles. The Morgan fingerprint density at radius 3 is 1.09 bits per heavy atom. The summed E-state index contributed by atoms with van der Waals surface area (Å²) in [4.78, 5) is 0. The highest BCUT2D eigenvalue weighted by Crippen LogP contribution is 2.03. The van der Waals surface area contributed by atoms with Crippen molar-refractivity contribution in [1.29, 1.82) is 0 Å². The molecule has 0 amide bonds. The van der Waals surface area contributed by atoms with E-state index in [-0.39, 0.29) is 5.75 Å². The summed E-state index contributed by atoms with van der Waals surface area (Å²) in [6.45, 7) is 0. The number of aromatic hydroxyl groups is 3. The van der Waals surface area contributed by atoms with Gasteiger partial charge in [0.15, 0.2) is 0 Å². The topological polar surface area (TPSA) is 60.7 Å². The molecule has 0 aliphatic rings. The summed E-state index contributed by atoms with van der Waals surface area (Å²) in [6, 6.07) is 24.5. The van der Waals surface area contributed by atoms with Crippen LogP contribution in [-0.4, -0.2) is 25.6 Å². The highest BCUT2D eigenvalue weighted by molar-refractivity contribution is 6.34. The molecule has 0 aliphatic heterocycles. The summed E-state index contributed by atoms with van der Waals surface area (Å²) in [6.07, 6.45) is 0. The zero-order valence-corrected chi connectivity index (χ0v) is 12.9. The van der Waals surface area contributed by atoms with Crippen LogP contribution in [0.15, 0.2) is 84.9 Å². The van der Waals surface area contributed by atoms with Crippen LogP contribution < -0.4 is 5.19 Å². The van der Waals surface area contributed by atoms with Crippen molar-refractivity contribution in [1.82, 2.24) is 0 Å². The zero-order chi connectivity index (χ0) is 16.2. The van der Waals surface area contributed by atoms with Crippen molar-refractivity contribution in [3.05, 3.63) is 84.9 Å². The highest BCUT2D eigenvalue weighted by Gasteiger charge is 1.87. The molecule has 0 saturated heterocycles. The molecule has 3 nitrogen and oxygen atoms in total. The van der Waals surface area contributed by atoms with E-state index >= 15 is 0 Å². The lowest BCUT2D eigenvalue weighted by Gasteiger charge is -1.92. The first-order valence-corrected chi connectivity index (χ1v) is 7.07. The summed E-state index contributed by atoms with van der Waals surface area (Å²) >= 11 is 0. The predicted octanol–water partition coefficient (Wildman–Crippen LogP) is 2.97. The third kappa shape index (κ3) is 7.77. The number of phenolic OH excluding ortho intramolecular Hbond substituents is 3. The monoisotopic (exact) mass is 309 g/mol. The Kier molecular flexibility index (Phi) is 7.93. The molecular weight excluding hydrogens is 292 g/mol. The van der Waals surface area contributed by atoms with Crippen LogP contribution in [0.2, 0.25) is 0 Å². The van der Waals surface area contributed by atoms with Crippen LogP contribution in [0.1, 0.15) is 0 Å². The molecule has 0 heterocycles. The predicted molar refractivity (Wildman–Crippen MR) is 89.7 cm³/mol. The minimum atomic E-state index is 0.282. The van der Waals surface area contributed by atoms with Gasteiger partial charge in [0.2, 0.25) is 0 Å². The van der Waals surface area contributed by atoms with Crippen LogP contribution in [0.4, 0.5) is 0 Å². The number of rotatable bonds is 0. The fraction of sp³-hybridized carbons (Fsp3) is 0. The van der Waals surface area contributed by atoms with Crippen LogP contribution in [-0.2, 0) is 0 Å². The summed E-state index contributed by atoms with van der Waals surface area (Å²) in [5, 5.41) is 26.9. The first-order valence-electron chi connectivity index (χ1n) is 6.57. The lowest BCUT2D eigenvalue weighted by molar-refractivity contribution is 0.475. The number of hydrogen-bond acceptors (Lipinski definition) is 3. The molecule has 3 radical (unpaired) electrons. The van der Waals surface area contributed by atoms with Crippen molar-refractivity contribution in [2.75, 3.05) is 0 Å². The first kappa shape index (κ1) is 17.3. The maximum Gasteiger partial charge on any atom is 0.115 e. The van der Waals surface area contributed by atoms with Crippen molar-refractivity contribution < 1.29 is 15.3 Å². The Bertz CT molecular complexity index is 584. The highest BCUT2D eigenvalue weighted by atomic mass is 28.1. The van der Waals surface area contributed by atoms with Gasteiger partial charge in [-0.1, -0.05) is 54.6 Å². The summed E-state index contributed by atoms with van der Waals surface area (Å²) in [7, 11) is 3.19. The van der Waals surface area contributed by atoms with Gasteiger partial charge in [-0.3, -0.25) is 0 Å². The molecule has 3 aromatic rings. The number of phenols is 3. The summed E-state index contributed by atoms with van der Waals surface area (Å²) < 4.78 is 0. The molecule has 3 aromatic carbocycles. The smallest absolute Gasteiger partial charge is 0.115 e. The number of benzene rings is 3. The minimum absolute atomic E-state index is 0.282. The third-order valence-corrected chi connectivity index (χ3v) is 2.84. The van der Waals surface area contributed by atoms with E-state index < -0.39 is 0 Å². The first-order chi connectivity index (χ1) is 10.6. The fourth-order valence-electron chi connectivity index (χ4n) is 1.33. The summed E-state index contributed by atoms with van der Waals surface area (Å²) in [5.41, 5.74) is 0. The van der Waals surface area contributed by atoms with E-state index in [4.69, 9.17) is 15.3 Å². The van der Waals surface area contributed by atoms with Gasteiger partial charge in [-0.15, -0.1) is 0 Å². The minimum Gasteiger partial charge on any atom is -0.508 e. The van der Waals surface area contributed by atoms with Crippen LogP contribution in [0.25, 0.3) is 0 Å². The largest absolute Gasteiger partial charge is 0.508 e. The molecular formula is C18H17O3Si. The second-order valence-corrected chi connectivity index (χ2v) is 4.73. The van der Waals surface area contributed by atoms with Gasteiger partial charge in [-0.2, -0.15) is 0 Å². The van der Waals surface area contributed by atoms with Gasteiger partial charge in [0.05, 0.1) is 10.2 Å². The van der Waals surface area contributed by atoms with Crippen molar-refractivity contribution in [2.45, 2.75) is 0 Å². The molecule has 0 unspecified atom stereocenters. The molecule has 0 fully saturated rings. The van der Waals surface area contributed by atoms with Crippen molar-refractivity contribution in [2.24, 2.45) is 0 Å². The average Bonchev–Trinajstić information content (AvgIpc) is 2.53. The second kappa shape index (κ2) is 10.1. The third-order valence-electron chi connectivity index (χ3n) is 2.42. The standard InChI is InChI=1S/C6H5OSi.2C6H6O/c7-5-3-1-2-4-6(5)8;2*7-6-4-2-1-3-5-6/h1-4,7H;2*1-5,7H. The number of para-hydroxylation sites is 3. The Hall–Kier alpha value is -2.72. The molecule has 0 aliphatic carbocycles. The molecule has 0 aromatic heterocycles. The number of hydrogen-bond donors (Lipinski definition) is 3. The molecule has 0 atom stereocenters. The van der Waals surface area contributed by atoms with Gasteiger partial charge < -0.3 is 15.3 Å². The van der Waals surface area contributed by atoms with Crippen LogP contribution in [0.3, 0.4) is 0 Å². The van der Waals surface area contributed by atoms with Gasteiger partial charge in [-0.25, -0.2) is 0 Å². The lowest BCUT2D eigenvalue weighted by Crippen LogP contribution is -1.99. The van der Waals surface area contributed by atoms with E-state index in [2.05, 4.69) is 10.2 Å². The van der Waals surface area contributed by atoms with Crippen LogP contribution in [0.5, 0.6) is 17.2 Å². The fourth-order valence-corrected chi connectivity index (χ4v) is 1.51. The zero-order valence-electron chi connectivity index (χ0n) is 11.9. The molecule has 4 heteroatoms. The van der Waals surface area contributed by atoms with E-state index in [1.165, 1.54) is 0 Å². The Labute approximate surface area is 133 Å². The van der Waals surface area contributed by atoms with Crippen molar-refractivity contribution in [3.8, 4) is 17.2 Å². The molecule has 0 bridgehead atoms. The molecule has 111 valence electrons. The normalized spacial score (nSPS) is 8.77. The van der Waals surface area contributed by atoms with E-state index in [1.807, 2.05) is 18.2 Å². The maximum absolute atomic E-state index is 8.87. The SMILES string of the molecule is Oc1ccccc1.Oc1ccccc1.Oc1ccccc1[Si]. The lowest BCUT2D eigenvalue weighted by atomic mass is 10.3. The van der Waals surface area contributed by atoms with Gasteiger partial charge in [0.1, 0.15) is 17.2 Å². The van der Waals surface area contributed by atoms with E-state index in [1.54, 1.807) is 66.7 Å². The van der Waals surface area contributed by atoms with Gasteiger partial charge in [0, 0.05) is 0 Å².